The normalized spacial score (nSPS) is 13.1. The Kier molecular flexibility index (Phi) is 7.24. The maximum absolute atomic E-state index is 12.9. The summed E-state index contributed by atoms with van der Waals surface area (Å²) < 4.78 is 66.9. The molecular weight excluding hydrogens is 459 g/mol. The van der Waals surface area contributed by atoms with Crippen molar-refractivity contribution < 1.29 is 31.1 Å². The maximum Gasteiger partial charge on any atom is 0.516 e. The molecule has 7 nitrogen and oxygen atoms in total. The highest BCUT2D eigenvalue weighted by atomic mass is 35.5. The molecule has 1 aromatic carbocycles. The Balaban J connectivity index is 2.53. The van der Waals surface area contributed by atoms with Crippen molar-refractivity contribution in [1.29, 1.82) is 0 Å². The first-order chi connectivity index (χ1) is 14.2. The first kappa shape index (κ1) is 24.9. The van der Waals surface area contributed by atoms with Crippen LogP contribution in [0.1, 0.15) is 29.3 Å². The van der Waals surface area contributed by atoms with Gasteiger partial charge in [0.15, 0.2) is 0 Å². The SMILES string of the molecule is COC(=O)C[C@H](N)c1cc(-c2c(C)cc(N(C)S(=O)(=O)C(F)(F)F)cc2C)cc(Cl)n1. The number of ether oxygens (including phenoxy) is 1. The summed E-state index contributed by atoms with van der Waals surface area (Å²) in [5.41, 5.74) is 2.98. The first-order valence-corrected chi connectivity index (χ1v) is 10.7. The number of carbonyl (C=O) groups excluding carboxylic acids is 1. The van der Waals surface area contributed by atoms with Gasteiger partial charge in [0.05, 0.1) is 31.0 Å². The van der Waals surface area contributed by atoms with Crippen molar-refractivity contribution in [3.05, 3.63) is 46.2 Å². The van der Waals surface area contributed by atoms with E-state index in [1.54, 1.807) is 26.0 Å². The van der Waals surface area contributed by atoms with Crippen molar-refractivity contribution >= 4 is 33.3 Å². The molecule has 0 unspecified atom stereocenters. The molecule has 0 saturated carbocycles. The third-order valence-corrected chi connectivity index (χ3v) is 6.34. The number of nitrogens with zero attached hydrogens (tertiary/aromatic N) is 2. The van der Waals surface area contributed by atoms with E-state index in [9.17, 15) is 26.4 Å². The summed E-state index contributed by atoms with van der Waals surface area (Å²) in [5, 5.41) is 0.104. The fourth-order valence-corrected chi connectivity index (χ4v) is 4.00. The number of aryl methyl sites for hydroxylation is 2. The van der Waals surface area contributed by atoms with Gasteiger partial charge in [0.1, 0.15) is 5.15 Å². The number of benzene rings is 1. The molecule has 1 atom stereocenters. The van der Waals surface area contributed by atoms with Crippen LogP contribution < -0.4 is 10.0 Å². The lowest BCUT2D eigenvalue weighted by atomic mass is 9.94. The predicted molar refractivity (Wildman–Crippen MR) is 111 cm³/mol. The molecule has 31 heavy (non-hydrogen) atoms. The lowest BCUT2D eigenvalue weighted by molar-refractivity contribution is -0.141. The van der Waals surface area contributed by atoms with Gasteiger partial charge in [-0.25, -0.2) is 4.98 Å². The van der Waals surface area contributed by atoms with Crippen LogP contribution in [0.5, 0.6) is 0 Å². The molecule has 170 valence electrons. The minimum Gasteiger partial charge on any atom is -0.469 e. The number of methoxy groups -OCH3 is 1. The fraction of sp³-hybridized carbons (Fsp3) is 0.368. The molecule has 0 radical (unpaired) electrons. The highest BCUT2D eigenvalue weighted by molar-refractivity contribution is 7.93. The molecule has 0 saturated heterocycles. The summed E-state index contributed by atoms with van der Waals surface area (Å²) in [6.07, 6.45) is -0.125. The number of aromatic nitrogens is 1. The van der Waals surface area contributed by atoms with Crippen LogP contribution in [0.2, 0.25) is 5.15 Å². The number of pyridine rings is 1. The quantitative estimate of drug-likeness (QED) is 0.498. The molecule has 2 aromatic rings. The lowest BCUT2D eigenvalue weighted by Gasteiger charge is -2.23. The van der Waals surface area contributed by atoms with E-state index in [2.05, 4.69) is 9.72 Å². The third kappa shape index (κ3) is 5.28. The van der Waals surface area contributed by atoms with Crippen molar-refractivity contribution in [2.45, 2.75) is 31.8 Å². The van der Waals surface area contributed by atoms with E-state index in [0.29, 0.717) is 27.9 Å². The Morgan fingerprint density at radius 3 is 2.26 bits per heavy atom. The second kappa shape index (κ2) is 9.01. The average molecular weight is 480 g/mol. The van der Waals surface area contributed by atoms with Gasteiger partial charge in [0, 0.05) is 7.05 Å². The van der Waals surface area contributed by atoms with Gasteiger partial charge < -0.3 is 10.5 Å². The molecule has 0 amide bonds. The molecule has 0 fully saturated rings. The molecule has 2 rings (SSSR count). The van der Waals surface area contributed by atoms with Crippen LogP contribution in [0.3, 0.4) is 0 Å². The maximum atomic E-state index is 12.9. The molecule has 2 N–H and O–H groups in total. The number of carbonyl (C=O) groups is 1. The van der Waals surface area contributed by atoms with E-state index in [1.807, 2.05) is 0 Å². The van der Waals surface area contributed by atoms with Crippen LogP contribution in [0.4, 0.5) is 18.9 Å². The Bertz CT molecular complexity index is 1080. The minimum absolute atomic E-state index is 0.104. The van der Waals surface area contributed by atoms with Crippen molar-refractivity contribution in [2.75, 3.05) is 18.5 Å². The number of hydrogen-bond acceptors (Lipinski definition) is 6. The van der Waals surface area contributed by atoms with Crippen LogP contribution in [0.25, 0.3) is 11.1 Å². The second-order valence-electron chi connectivity index (χ2n) is 6.86. The minimum atomic E-state index is -5.54. The molecule has 0 aliphatic carbocycles. The number of anilines is 1. The summed E-state index contributed by atoms with van der Waals surface area (Å²) in [5.74, 6) is -0.526. The number of esters is 1. The number of halogens is 4. The smallest absolute Gasteiger partial charge is 0.469 e. The molecule has 0 spiro atoms. The Labute approximate surface area is 183 Å². The van der Waals surface area contributed by atoms with Crippen molar-refractivity contribution in [2.24, 2.45) is 5.73 Å². The largest absolute Gasteiger partial charge is 0.516 e. The van der Waals surface area contributed by atoms with Gasteiger partial charge in [0.2, 0.25) is 0 Å². The predicted octanol–water partition coefficient (Wildman–Crippen LogP) is 3.87. The molecule has 1 aromatic heterocycles. The molecule has 0 bridgehead atoms. The van der Waals surface area contributed by atoms with Crippen LogP contribution in [-0.4, -0.2) is 39.0 Å². The Hall–Kier alpha value is -2.37. The Morgan fingerprint density at radius 2 is 1.77 bits per heavy atom. The monoisotopic (exact) mass is 479 g/mol. The molecular formula is C19H21ClF3N3O4S. The van der Waals surface area contributed by atoms with Gasteiger partial charge in [-0.2, -0.15) is 21.6 Å². The number of rotatable bonds is 6. The topological polar surface area (TPSA) is 103 Å². The zero-order valence-electron chi connectivity index (χ0n) is 17.1. The van der Waals surface area contributed by atoms with Gasteiger partial charge in [-0.05, 0) is 60.4 Å². The summed E-state index contributed by atoms with van der Waals surface area (Å²) >= 11 is 6.12. The van der Waals surface area contributed by atoms with Crippen LogP contribution in [0, 0.1) is 13.8 Å². The van der Waals surface area contributed by atoms with E-state index in [4.69, 9.17) is 17.3 Å². The lowest BCUT2D eigenvalue weighted by Crippen LogP contribution is -2.38. The van der Waals surface area contributed by atoms with Gasteiger partial charge in [0.25, 0.3) is 0 Å². The standard InChI is InChI=1S/C19H21ClF3N3O4S/c1-10-5-13(26(3)31(28,29)19(21,22)23)6-11(2)18(10)12-7-15(25-16(20)8-12)14(24)9-17(27)30-4/h5-8,14H,9,24H2,1-4H3/t14-/m0/s1. The van der Waals surface area contributed by atoms with E-state index in [1.165, 1.54) is 19.2 Å². The van der Waals surface area contributed by atoms with E-state index >= 15 is 0 Å². The Morgan fingerprint density at radius 1 is 1.23 bits per heavy atom. The first-order valence-electron chi connectivity index (χ1n) is 8.85. The van der Waals surface area contributed by atoms with Crippen molar-refractivity contribution in [1.82, 2.24) is 4.98 Å². The highest BCUT2D eigenvalue weighted by Crippen LogP contribution is 2.36. The number of alkyl halides is 3. The number of hydrogen-bond donors (Lipinski definition) is 1. The van der Waals surface area contributed by atoms with Crippen molar-refractivity contribution in [3.63, 3.8) is 0 Å². The summed E-state index contributed by atoms with van der Waals surface area (Å²) in [7, 11) is -3.47. The van der Waals surface area contributed by atoms with E-state index < -0.39 is 27.5 Å². The molecule has 1 heterocycles. The second-order valence-corrected chi connectivity index (χ2v) is 9.21. The fourth-order valence-electron chi connectivity index (χ4n) is 3.09. The van der Waals surface area contributed by atoms with Gasteiger partial charge >= 0.3 is 21.5 Å². The molecule has 12 heteroatoms. The zero-order chi connectivity index (χ0) is 23.7. The van der Waals surface area contributed by atoms with Crippen LogP contribution in [-0.2, 0) is 19.6 Å². The van der Waals surface area contributed by atoms with E-state index in [0.717, 1.165) is 7.05 Å². The highest BCUT2D eigenvalue weighted by Gasteiger charge is 2.49. The number of sulfonamides is 1. The molecule has 0 aliphatic rings. The average Bonchev–Trinajstić information content (AvgIpc) is 2.65. The summed E-state index contributed by atoms with van der Waals surface area (Å²) in [4.78, 5) is 15.6. The van der Waals surface area contributed by atoms with Crippen LogP contribution >= 0.6 is 11.6 Å². The summed E-state index contributed by atoms with van der Waals surface area (Å²) in [6.45, 7) is 3.25. The summed E-state index contributed by atoms with van der Waals surface area (Å²) in [6, 6.07) is 5.03. The van der Waals surface area contributed by atoms with Gasteiger partial charge in [-0.15, -0.1) is 0 Å². The third-order valence-electron chi connectivity index (χ3n) is 4.63. The number of nitrogens with two attached hydrogens (primary N) is 1. The van der Waals surface area contributed by atoms with Crippen LogP contribution in [0.15, 0.2) is 24.3 Å². The van der Waals surface area contributed by atoms with E-state index in [-0.39, 0.29) is 21.6 Å². The van der Waals surface area contributed by atoms with Gasteiger partial charge in [-0.1, -0.05) is 11.6 Å². The van der Waals surface area contributed by atoms with Crippen molar-refractivity contribution in [3.8, 4) is 11.1 Å². The zero-order valence-corrected chi connectivity index (χ0v) is 18.7. The van der Waals surface area contributed by atoms with Gasteiger partial charge in [-0.3, -0.25) is 9.10 Å². The molecule has 0 aliphatic heterocycles.